The van der Waals surface area contributed by atoms with Gasteiger partial charge in [-0.25, -0.2) is 0 Å². The number of benzene rings is 1. The minimum atomic E-state index is -0.281. The van der Waals surface area contributed by atoms with Crippen molar-refractivity contribution in [1.29, 1.82) is 0 Å². The Morgan fingerprint density at radius 3 is 3.00 bits per heavy atom. The van der Waals surface area contributed by atoms with Crippen molar-refractivity contribution in [3.63, 3.8) is 0 Å². The van der Waals surface area contributed by atoms with Gasteiger partial charge < -0.3 is 10.1 Å². The zero-order chi connectivity index (χ0) is 13.7. The molecule has 0 fully saturated rings. The van der Waals surface area contributed by atoms with Crippen LogP contribution in [0.4, 0.5) is 0 Å². The van der Waals surface area contributed by atoms with E-state index in [0.717, 1.165) is 10.2 Å². The predicted molar refractivity (Wildman–Crippen MR) is 72.9 cm³/mol. The highest BCUT2D eigenvalue weighted by Gasteiger charge is 2.11. The van der Waals surface area contributed by atoms with Gasteiger partial charge in [-0.15, -0.1) is 0 Å². The van der Waals surface area contributed by atoms with Crippen LogP contribution in [-0.4, -0.2) is 34.0 Å². The number of hydrogen-bond acceptors (Lipinski definition) is 4. The molecule has 2 N–H and O–H groups in total. The number of rotatable bonds is 5. The van der Waals surface area contributed by atoms with Gasteiger partial charge in [-0.05, 0) is 35.0 Å². The molecule has 0 aliphatic heterocycles. The first kappa shape index (κ1) is 13.5. The van der Waals surface area contributed by atoms with Gasteiger partial charge in [-0.1, -0.05) is 12.1 Å². The summed E-state index contributed by atoms with van der Waals surface area (Å²) in [5.74, 6) is 0.460. The lowest BCUT2D eigenvalue weighted by molar-refractivity contribution is 0.0927. The summed E-state index contributed by atoms with van der Waals surface area (Å²) in [7, 11) is 0. The molecule has 0 radical (unpaired) electrons. The lowest BCUT2D eigenvalue weighted by Gasteiger charge is -2.16. The molecule has 0 saturated carbocycles. The van der Waals surface area contributed by atoms with Crippen LogP contribution in [0.1, 0.15) is 17.4 Å². The van der Waals surface area contributed by atoms with Crippen LogP contribution in [0.2, 0.25) is 0 Å². The van der Waals surface area contributed by atoms with Crippen LogP contribution in [-0.2, 0) is 0 Å². The number of nitrogens with zero attached hydrogens (tertiary/aromatic N) is 2. The van der Waals surface area contributed by atoms with Crippen LogP contribution in [0.25, 0.3) is 0 Å². The van der Waals surface area contributed by atoms with Gasteiger partial charge in [0.15, 0.2) is 5.69 Å². The monoisotopic (exact) mass is 324 g/mol. The second-order valence-corrected chi connectivity index (χ2v) is 4.78. The van der Waals surface area contributed by atoms with Crippen LogP contribution in [0.3, 0.4) is 0 Å². The van der Waals surface area contributed by atoms with E-state index in [4.69, 9.17) is 4.74 Å². The number of ether oxygens (including phenoxy) is 1. The van der Waals surface area contributed by atoms with Gasteiger partial charge in [-0.2, -0.15) is 15.4 Å². The second-order valence-electron chi connectivity index (χ2n) is 3.92. The van der Waals surface area contributed by atoms with Crippen LogP contribution in [0.15, 0.2) is 34.9 Å². The Kier molecular flexibility index (Phi) is 4.51. The molecule has 0 saturated heterocycles. The smallest absolute Gasteiger partial charge is 0.273 e. The summed E-state index contributed by atoms with van der Waals surface area (Å²) in [5.41, 5.74) is 0.257. The number of amides is 1. The average Bonchev–Trinajstić information content (AvgIpc) is 2.93. The average molecular weight is 325 g/mol. The van der Waals surface area contributed by atoms with Gasteiger partial charge in [-0.3, -0.25) is 4.79 Å². The number of carbonyl (C=O) groups is 1. The maximum atomic E-state index is 11.6. The minimum absolute atomic E-state index is 0.158. The molecule has 1 amide bonds. The van der Waals surface area contributed by atoms with Gasteiger partial charge in [0.2, 0.25) is 0 Å². The summed E-state index contributed by atoms with van der Waals surface area (Å²) in [6.07, 6.45) is 1.21. The third kappa shape index (κ3) is 3.78. The van der Waals surface area contributed by atoms with Gasteiger partial charge in [0.25, 0.3) is 5.91 Å². The third-order valence-electron chi connectivity index (χ3n) is 2.36. The third-order valence-corrected chi connectivity index (χ3v) is 3.02. The van der Waals surface area contributed by atoms with Crippen LogP contribution >= 0.6 is 15.9 Å². The minimum Gasteiger partial charge on any atom is -0.488 e. The molecule has 0 aliphatic rings. The quantitative estimate of drug-likeness (QED) is 0.878. The first-order valence-electron chi connectivity index (χ1n) is 5.72. The number of para-hydroxylation sites is 1. The van der Waals surface area contributed by atoms with E-state index in [9.17, 15) is 4.79 Å². The van der Waals surface area contributed by atoms with Gasteiger partial charge in [0.1, 0.15) is 11.9 Å². The van der Waals surface area contributed by atoms with Crippen molar-refractivity contribution in [3.8, 4) is 5.75 Å². The molecule has 0 spiro atoms. The fraction of sp³-hybridized carbons (Fsp3) is 0.250. The van der Waals surface area contributed by atoms with E-state index in [1.54, 1.807) is 0 Å². The fourth-order valence-corrected chi connectivity index (χ4v) is 1.81. The van der Waals surface area contributed by atoms with Crippen molar-refractivity contribution < 1.29 is 9.53 Å². The van der Waals surface area contributed by atoms with E-state index < -0.39 is 0 Å². The molecule has 1 aromatic heterocycles. The Morgan fingerprint density at radius 2 is 2.32 bits per heavy atom. The molecule has 1 aromatic carbocycles. The molecule has 0 unspecified atom stereocenters. The van der Waals surface area contributed by atoms with E-state index in [2.05, 4.69) is 36.7 Å². The van der Waals surface area contributed by atoms with E-state index in [0.29, 0.717) is 6.54 Å². The molecular formula is C12H13BrN4O2. The van der Waals surface area contributed by atoms with E-state index in [-0.39, 0.29) is 17.7 Å². The van der Waals surface area contributed by atoms with Gasteiger partial charge in [0, 0.05) is 0 Å². The molecule has 1 atom stereocenters. The SMILES string of the molecule is C[C@H](CNC(=O)c1cn[nH]n1)Oc1ccccc1Br. The molecule has 6 nitrogen and oxygen atoms in total. The van der Waals surface area contributed by atoms with Gasteiger partial charge in [0.05, 0.1) is 17.2 Å². The fourth-order valence-electron chi connectivity index (χ4n) is 1.44. The summed E-state index contributed by atoms with van der Waals surface area (Å²) >= 11 is 3.40. The molecule has 2 rings (SSSR count). The number of aromatic amines is 1. The summed E-state index contributed by atoms with van der Waals surface area (Å²) < 4.78 is 6.59. The van der Waals surface area contributed by atoms with E-state index >= 15 is 0 Å². The highest BCUT2D eigenvalue weighted by molar-refractivity contribution is 9.10. The van der Waals surface area contributed by atoms with Crippen molar-refractivity contribution >= 4 is 21.8 Å². The lowest BCUT2D eigenvalue weighted by Crippen LogP contribution is -2.33. The number of carbonyl (C=O) groups excluding carboxylic acids is 1. The normalized spacial score (nSPS) is 11.9. The van der Waals surface area contributed by atoms with Crippen LogP contribution < -0.4 is 10.1 Å². The zero-order valence-electron chi connectivity index (χ0n) is 10.3. The highest BCUT2D eigenvalue weighted by Crippen LogP contribution is 2.24. The standard InChI is InChI=1S/C12H13BrN4O2/c1-8(19-11-5-3-2-4-9(11)13)6-14-12(18)10-7-15-17-16-10/h2-5,7-8H,6H2,1H3,(H,14,18)(H,15,16,17)/t8-/m1/s1. The molecule has 2 aromatic rings. The number of H-pyrrole nitrogens is 1. The molecule has 100 valence electrons. The largest absolute Gasteiger partial charge is 0.488 e. The number of halogens is 1. The first-order chi connectivity index (χ1) is 9.16. The Morgan fingerprint density at radius 1 is 1.53 bits per heavy atom. The second kappa shape index (κ2) is 6.33. The zero-order valence-corrected chi connectivity index (χ0v) is 11.8. The van der Waals surface area contributed by atoms with Crippen molar-refractivity contribution in [2.24, 2.45) is 0 Å². The summed E-state index contributed by atoms with van der Waals surface area (Å²) in [6.45, 7) is 2.26. The topological polar surface area (TPSA) is 79.9 Å². The Hall–Kier alpha value is -1.89. The van der Waals surface area contributed by atoms with Crippen molar-refractivity contribution in [2.75, 3.05) is 6.54 Å². The first-order valence-corrected chi connectivity index (χ1v) is 6.51. The summed E-state index contributed by atoms with van der Waals surface area (Å²) in [5, 5.41) is 12.4. The Bertz CT molecular complexity index is 544. The van der Waals surface area contributed by atoms with Crippen molar-refractivity contribution in [3.05, 3.63) is 40.6 Å². The molecule has 1 heterocycles. The van der Waals surface area contributed by atoms with Crippen LogP contribution in [0.5, 0.6) is 5.75 Å². The van der Waals surface area contributed by atoms with Gasteiger partial charge >= 0.3 is 0 Å². The molecule has 0 aliphatic carbocycles. The van der Waals surface area contributed by atoms with Crippen molar-refractivity contribution in [1.82, 2.24) is 20.7 Å². The Balaban J connectivity index is 1.84. The molecular weight excluding hydrogens is 312 g/mol. The number of aromatic nitrogens is 3. The molecule has 0 bridgehead atoms. The Labute approximate surface area is 118 Å². The van der Waals surface area contributed by atoms with Crippen LogP contribution in [0, 0.1) is 0 Å². The van der Waals surface area contributed by atoms with E-state index in [1.165, 1.54) is 6.20 Å². The summed E-state index contributed by atoms with van der Waals surface area (Å²) in [4.78, 5) is 11.6. The highest BCUT2D eigenvalue weighted by atomic mass is 79.9. The van der Waals surface area contributed by atoms with E-state index in [1.807, 2.05) is 31.2 Å². The maximum Gasteiger partial charge on any atom is 0.273 e. The molecule has 7 heteroatoms. The number of nitrogens with one attached hydrogen (secondary N) is 2. The van der Waals surface area contributed by atoms with Crippen molar-refractivity contribution in [2.45, 2.75) is 13.0 Å². The lowest BCUT2D eigenvalue weighted by atomic mass is 10.3. The summed E-state index contributed by atoms with van der Waals surface area (Å²) in [6, 6.07) is 7.56. The maximum absolute atomic E-state index is 11.6. The number of hydrogen-bond donors (Lipinski definition) is 2. The molecule has 19 heavy (non-hydrogen) atoms. The predicted octanol–water partition coefficient (Wildman–Crippen LogP) is 1.76.